The number of rotatable bonds is 9. The summed E-state index contributed by atoms with van der Waals surface area (Å²) >= 11 is 0. The number of carboxylic acids is 1. The standard InChI is InChI=1S/C19H25NO4/c1-3-4-5-6-7-8-11-20-13-16(19(22)23)18(21)15-10-9-14(24-2)12-17(15)20/h9-10,12-13H,3-8,11H2,1-2H3,(H,22,23). The van der Waals surface area contributed by atoms with Gasteiger partial charge < -0.3 is 14.4 Å². The van der Waals surface area contributed by atoms with Crippen LogP contribution in [0.5, 0.6) is 5.75 Å². The first-order chi connectivity index (χ1) is 11.6. The van der Waals surface area contributed by atoms with Crippen molar-refractivity contribution in [1.82, 2.24) is 4.57 Å². The first-order valence-electron chi connectivity index (χ1n) is 8.53. The molecule has 0 radical (unpaired) electrons. The van der Waals surface area contributed by atoms with Crippen LogP contribution in [0.15, 0.2) is 29.2 Å². The van der Waals surface area contributed by atoms with Crippen molar-refractivity contribution in [3.63, 3.8) is 0 Å². The van der Waals surface area contributed by atoms with Gasteiger partial charge in [0.2, 0.25) is 5.43 Å². The maximum Gasteiger partial charge on any atom is 0.341 e. The van der Waals surface area contributed by atoms with Crippen molar-refractivity contribution in [2.45, 2.75) is 52.0 Å². The number of carbonyl (C=O) groups is 1. The zero-order valence-corrected chi connectivity index (χ0v) is 14.4. The lowest BCUT2D eigenvalue weighted by Gasteiger charge is -2.13. The van der Waals surface area contributed by atoms with E-state index in [0.717, 1.165) is 18.4 Å². The Balaban J connectivity index is 2.30. The van der Waals surface area contributed by atoms with Crippen LogP contribution < -0.4 is 10.2 Å². The van der Waals surface area contributed by atoms with Crippen molar-refractivity contribution in [2.75, 3.05) is 7.11 Å². The number of benzene rings is 1. The molecule has 0 aliphatic rings. The molecule has 0 spiro atoms. The molecule has 1 heterocycles. The van der Waals surface area contributed by atoms with E-state index in [0.29, 0.717) is 17.7 Å². The molecule has 0 bridgehead atoms. The molecule has 2 aromatic rings. The molecule has 1 aromatic carbocycles. The van der Waals surface area contributed by atoms with Gasteiger partial charge in [-0.1, -0.05) is 39.0 Å². The molecular weight excluding hydrogens is 306 g/mol. The minimum atomic E-state index is -1.19. The topological polar surface area (TPSA) is 68.5 Å². The predicted molar refractivity (Wildman–Crippen MR) is 95.1 cm³/mol. The summed E-state index contributed by atoms with van der Waals surface area (Å²) in [4.78, 5) is 23.7. The molecule has 5 heteroatoms. The third-order valence-electron chi connectivity index (χ3n) is 4.27. The smallest absolute Gasteiger partial charge is 0.341 e. The Morgan fingerprint density at radius 1 is 1.17 bits per heavy atom. The van der Waals surface area contributed by atoms with Crippen LogP contribution in [0, 0.1) is 0 Å². The monoisotopic (exact) mass is 331 g/mol. The van der Waals surface area contributed by atoms with Crippen LogP contribution in [0.2, 0.25) is 0 Å². The molecule has 2 rings (SSSR count). The van der Waals surface area contributed by atoms with Gasteiger partial charge >= 0.3 is 5.97 Å². The number of aromatic nitrogens is 1. The SMILES string of the molecule is CCCCCCCCn1cc(C(=O)O)c(=O)c2ccc(OC)cc21. The van der Waals surface area contributed by atoms with Crippen molar-refractivity contribution in [3.8, 4) is 5.75 Å². The van der Waals surface area contributed by atoms with Gasteiger partial charge in [-0.05, 0) is 18.6 Å². The average Bonchev–Trinajstić information content (AvgIpc) is 2.59. The summed E-state index contributed by atoms with van der Waals surface area (Å²) in [7, 11) is 1.57. The number of aromatic carboxylic acids is 1. The van der Waals surface area contributed by atoms with Gasteiger partial charge in [-0.3, -0.25) is 4.79 Å². The van der Waals surface area contributed by atoms with E-state index >= 15 is 0 Å². The lowest BCUT2D eigenvalue weighted by Crippen LogP contribution is -2.19. The number of methoxy groups -OCH3 is 1. The molecule has 0 saturated carbocycles. The van der Waals surface area contributed by atoms with Crippen molar-refractivity contribution >= 4 is 16.9 Å². The van der Waals surface area contributed by atoms with Gasteiger partial charge in [-0.25, -0.2) is 4.79 Å². The van der Waals surface area contributed by atoms with Crippen molar-refractivity contribution in [2.24, 2.45) is 0 Å². The fraction of sp³-hybridized carbons (Fsp3) is 0.474. The van der Waals surface area contributed by atoms with E-state index in [1.54, 1.807) is 25.3 Å². The second-order valence-electron chi connectivity index (χ2n) is 6.02. The summed E-state index contributed by atoms with van der Waals surface area (Å²) in [6, 6.07) is 5.12. The van der Waals surface area contributed by atoms with Crippen LogP contribution in [0.3, 0.4) is 0 Å². The first kappa shape index (κ1) is 18.0. The van der Waals surface area contributed by atoms with E-state index in [2.05, 4.69) is 6.92 Å². The summed E-state index contributed by atoms with van der Waals surface area (Å²) in [5.74, 6) is -0.531. The Bertz CT molecular complexity index is 764. The van der Waals surface area contributed by atoms with Gasteiger partial charge in [-0.2, -0.15) is 0 Å². The molecule has 0 unspecified atom stereocenters. The normalized spacial score (nSPS) is 10.9. The Labute approximate surface area is 141 Å². The zero-order chi connectivity index (χ0) is 17.5. The van der Waals surface area contributed by atoms with E-state index in [-0.39, 0.29) is 5.56 Å². The first-order valence-corrected chi connectivity index (χ1v) is 8.53. The minimum absolute atomic E-state index is 0.182. The molecule has 24 heavy (non-hydrogen) atoms. The maximum atomic E-state index is 12.3. The molecule has 0 amide bonds. The van der Waals surface area contributed by atoms with Gasteiger partial charge in [0.25, 0.3) is 0 Å². The quantitative estimate of drug-likeness (QED) is 0.703. The summed E-state index contributed by atoms with van der Waals surface area (Å²) < 4.78 is 7.10. The Morgan fingerprint density at radius 2 is 1.88 bits per heavy atom. The number of hydrogen-bond donors (Lipinski definition) is 1. The van der Waals surface area contributed by atoms with E-state index in [9.17, 15) is 14.7 Å². The number of carboxylic acid groups (broad SMARTS) is 1. The molecule has 5 nitrogen and oxygen atoms in total. The highest BCUT2D eigenvalue weighted by atomic mass is 16.5. The summed E-state index contributed by atoms with van der Waals surface area (Å²) in [6.07, 6.45) is 8.39. The average molecular weight is 331 g/mol. The predicted octanol–water partition coefficient (Wildman–Crippen LogP) is 4.07. The van der Waals surface area contributed by atoms with Crippen molar-refractivity contribution < 1.29 is 14.6 Å². The van der Waals surface area contributed by atoms with E-state index < -0.39 is 11.4 Å². The summed E-state index contributed by atoms with van der Waals surface area (Å²) in [5.41, 5.74) is 0.0934. The van der Waals surface area contributed by atoms with Crippen LogP contribution in [0.25, 0.3) is 10.9 Å². The van der Waals surface area contributed by atoms with Gasteiger partial charge in [-0.15, -0.1) is 0 Å². The lowest BCUT2D eigenvalue weighted by atomic mass is 10.1. The summed E-state index contributed by atoms with van der Waals surface area (Å²) in [5, 5.41) is 9.70. The molecule has 0 saturated heterocycles. The second-order valence-corrected chi connectivity index (χ2v) is 6.02. The van der Waals surface area contributed by atoms with E-state index in [1.807, 2.05) is 4.57 Å². The highest BCUT2D eigenvalue weighted by molar-refractivity contribution is 5.92. The Kier molecular flexibility index (Phi) is 6.41. The fourth-order valence-corrected chi connectivity index (χ4v) is 2.90. The van der Waals surface area contributed by atoms with Gasteiger partial charge in [0.15, 0.2) is 0 Å². The third kappa shape index (κ3) is 4.16. The zero-order valence-electron chi connectivity index (χ0n) is 14.4. The minimum Gasteiger partial charge on any atom is -0.497 e. The number of aryl methyl sites for hydroxylation is 1. The number of nitrogens with zero attached hydrogens (tertiary/aromatic N) is 1. The molecule has 1 N–H and O–H groups in total. The van der Waals surface area contributed by atoms with E-state index in [4.69, 9.17) is 4.74 Å². The van der Waals surface area contributed by atoms with Crippen LogP contribution >= 0.6 is 0 Å². The highest BCUT2D eigenvalue weighted by Gasteiger charge is 2.14. The highest BCUT2D eigenvalue weighted by Crippen LogP contribution is 2.20. The molecular formula is C19H25NO4. The molecule has 0 aliphatic carbocycles. The molecule has 0 aliphatic heterocycles. The van der Waals surface area contributed by atoms with Gasteiger partial charge in [0.1, 0.15) is 11.3 Å². The maximum absolute atomic E-state index is 12.3. The third-order valence-corrected chi connectivity index (χ3v) is 4.27. The number of unbranched alkanes of at least 4 members (excludes halogenated alkanes) is 5. The number of pyridine rings is 1. The van der Waals surface area contributed by atoms with Gasteiger partial charge in [0.05, 0.1) is 12.6 Å². The molecule has 0 fully saturated rings. The number of ether oxygens (including phenoxy) is 1. The van der Waals surface area contributed by atoms with Crippen LogP contribution in [0.1, 0.15) is 55.8 Å². The molecule has 1 aromatic heterocycles. The Hall–Kier alpha value is -2.30. The fourth-order valence-electron chi connectivity index (χ4n) is 2.90. The molecule has 130 valence electrons. The number of hydrogen-bond acceptors (Lipinski definition) is 3. The second kappa shape index (κ2) is 8.52. The molecule has 0 atom stereocenters. The van der Waals surface area contributed by atoms with Crippen LogP contribution in [0.4, 0.5) is 0 Å². The van der Waals surface area contributed by atoms with Crippen molar-refractivity contribution in [3.05, 3.63) is 40.2 Å². The van der Waals surface area contributed by atoms with E-state index in [1.165, 1.54) is 31.9 Å². The van der Waals surface area contributed by atoms with Crippen LogP contribution in [-0.2, 0) is 6.54 Å². The van der Waals surface area contributed by atoms with Crippen LogP contribution in [-0.4, -0.2) is 22.8 Å². The number of fused-ring (bicyclic) bond motifs is 1. The van der Waals surface area contributed by atoms with Gasteiger partial charge in [0, 0.05) is 24.2 Å². The van der Waals surface area contributed by atoms with Crippen molar-refractivity contribution in [1.29, 1.82) is 0 Å². The Morgan fingerprint density at radius 3 is 2.54 bits per heavy atom. The summed E-state index contributed by atoms with van der Waals surface area (Å²) in [6.45, 7) is 2.88. The lowest BCUT2D eigenvalue weighted by molar-refractivity contribution is 0.0695. The largest absolute Gasteiger partial charge is 0.497 e.